The zero-order valence-electron chi connectivity index (χ0n) is 14.8. The molecule has 4 rings (SSSR count). The highest BCUT2D eigenvalue weighted by atomic mass is 16.5. The van der Waals surface area contributed by atoms with Crippen LogP contribution in [-0.4, -0.2) is 51.4 Å². The molecule has 6 nitrogen and oxygen atoms in total. The van der Waals surface area contributed by atoms with Crippen LogP contribution in [0.4, 0.5) is 0 Å². The quantitative estimate of drug-likeness (QED) is 0.900. The topological polar surface area (TPSA) is 55.2 Å². The van der Waals surface area contributed by atoms with Crippen LogP contribution in [0.3, 0.4) is 0 Å². The summed E-state index contributed by atoms with van der Waals surface area (Å²) in [5.41, 5.74) is 2.33. The predicted octanol–water partition coefficient (Wildman–Crippen LogP) is 1.90. The van der Waals surface area contributed by atoms with Crippen molar-refractivity contribution < 1.29 is 4.74 Å². The number of likely N-dealkylation sites (tertiary alicyclic amines) is 1. The maximum Gasteiger partial charge on any atom is 0.114 e. The summed E-state index contributed by atoms with van der Waals surface area (Å²) in [5.74, 6) is 0. The summed E-state index contributed by atoms with van der Waals surface area (Å²) >= 11 is 0. The minimum atomic E-state index is 0.124. The van der Waals surface area contributed by atoms with E-state index in [0.29, 0.717) is 12.1 Å². The molecule has 1 N–H and O–H groups in total. The van der Waals surface area contributed by atoms with Crippen molar-refractivity contribution >= 4 is 0 Å². The average Bonchev–Trinajstić information content (AvgIpc) is 3.26. The van der Waals surface area contributed by atoms with E-state index in [2.05, 4.69) is 38.5 Å². The largest absolute Gasteiger partial charge is 0.370 e. The number of hydrogen-bond donors (Lipinski definition) is 1. The Kier molecular flexibility index (Phi) is 5.10. The third-order valence-electron chi connectivity index (χ3n) is 5.39. The van der Waals surface area contributed by atoms with E-state index in [0.717, 1.165) is 38.4 Å². The van der Waals surface area contributed by atoms with E-state index in [4.69, 9.17) is 4.74 Å². The molecule has 0 spiro atoms. The lowest BCUT2D eigenvalue weighted by Crippen LogP contribution is -2.47. The molecule has 0 aliphatic carbocycles. The molecule has 2 saturated heterocycles. The van der Waals surface area contributed by atoms with Crippen LogP contribution >= 0.6 is 0 Å². The maximum absolute atomic E-state index is 5.99. The zero-order chi connectivity index (χ0) is 17.1. The fourth-order valence-electron chi connectivity index (χ4n) is 4.00. The third-order valence-corrected chi connectivity index (χ3v) is 5.39. The summed E-state index contributed by atoms with van der Waals surface area (Å²) in [6.07, 6.45) is 7.29. The minimum Gasteiger partial charge on any atom is -0.370 e. The molecular formula is C19H27N5O. The molecule has 4 heterocycles. The molecule has 6 heteroatoms. The van der Waals surface area contributed by atoms with Gasteiger partial charge in [0.05, 0.1) is 11.4 Å². The summed E-state index contributed by atoms with van der Waals surface area (Å²) < 4.78 is 7.92. The highest BCUT2D eigenvalue weighted by Gasteiger charge is 2.33. The standard InChI is InChI=1S/C19H27N5O/c1-23-18(5-10-21-23)19-17(8-13-25-19)22-15-6-11-24(12-7-15)14-16-4-2-3-9-20-16/h2-5,9-10,15,17,19,22H,6-8,11-14H2,1H3/t17-,19-/m0/s1. The van der Waals surface area contributed by atoms with Crippen molar-refractivity contribution in [3.8, 4) is 0 Å². The van der Waals surface area contributed by atoms with Crippen LogP contribution in [0.2, 0.25) is 0 Å². The zero-order valence-corrected chi connectivity index (χ0v) is 14.8. The van der Waals surface area contributed by atoms with Crippen LogP contribution in [0, 0.1) is 0 Å². The number of nitrogens with one attached hydrogen (secondary N) is 1. The molecule has 2 atom stereocenters. The molecule has 2 fully saturated rings. The number of piperidine rings is 1. The lowest BCUT2D eigenvalue weighted by Gasteiger charge is -2.34. The number of rotatable bonds is 5. The van der Waals surface area contributed by atoms with Crippen LogP contribution in [0.15, 0.2) is 36.7 Å². The van der Waals surface area contributed by atoms with Crippen LogP contribution in [0.25, 0.3) is 0 Å². The van der Waals surface area contributed by atoms with Crippen molar-refractivity contribution in [1.82, 2.24) is 25.0 Å². The molecule has 134 valence electrons. The molecule has 0 bridgehead atoms. The minimum absolute atomic E-state index is 0.124. The van der Waals surface area contributed by atoms with Gasteiger partial charge in [-0.2, -0.15) is 5.10 Å². The van der Waals surface area contributed by atoms with Gasteiger partial charge in [-0.25, -0.2) is 0 Å². The molecule has 0 amide bonds. The van der Waals surface area contributed by atoms with E-state index in [1.165, 1.54) is 18.5 Å². The second kappa shape index (κ2) is 7.64. The SMILES string of the molecule is Cn1nccc1[C@H]1OCC[C@@H]1NC1CCN(Cc2ccccn2)CC1. The third kappa shape index (κ3) is 3.92. The van der Waals surface area contributed by atoms with Crippen molar-refractivity contribution in [2.24, 2.45) is 7.05 Å². The Morgan fingerprint density at radius 1 is 1.16 bits per heavy atom. The van der Waals surface area contributed by atoms with Gasteiger partial charge in [0, 0.05) is 57.8 Å². The number of aromatic nitrogens is 3. The molecule has 2 aromatic rings. The van der Waals surface area contributed by atoms with E-state index in [-0.39, 0.29) is 6.10 Å². The summed E-state index contributed by atoms with van der Waals surface area (Å²) in [7, 11) is 1.99. The summed E-state index contributed by atoms with van der Waals surface area (Å²) in [4.78, 5) is 6.94. The Morgan fingerprint density at radius 2 is 2.04 bits per heavy atom. The van der Waals surface area contributed by atoms with Gasteiger partial charge in [0.1, 0.15) is 6.10 Å². The van der Waals surface area contributed by atoms with Crippen molar-refractivity contribution in [2.75, 3.05) is 19.7 Å². The van der Waals surface area contributed by atoms with Gasteiger partial charge in [0.2, 0.25) is 0 Å². The number of nitrogens with zero attached hydrogens (tertiary/aromatic N) is 4. The molecule has 0 unspecified atom stereocenters. The Balaban J connectivity index is 1.29. The first-order valence-electron chi connectivity index (χ1n) is 9.27. The molecule has 2 aromatic heterocycles. The van der Waals surface area contributed by atoms with Crippen LogP contribution in [-0.2, 0) is 18.3 Å². The van der Waals surface area contributed by atoms with E-state index < -0.39 is 0 Å². The second-order valence-electron chi connectivity index (χ2n) is 7.10. The Morgan fingerprint density at radius 3 is 2.76 bits per heavy atom. The first-order valence-corrected chi connectivity index (χ1v) is 9.27. The van der Waals surface area contributed by atoms with Crippen molar-refractivity contribution in [3.05, 3.63) is 48.0 Å². The summed E-state index contributed by atoms with van der Waals surface area (Å²) in [6.45, 7) is 4.03. The summed E-state index contributed by atoms with van der Waals surface area (Å²) in [6, 6.07) is 9.18. The number of pyridine rings is 1. The molecule has 0 radical (unpaired) electrons. The molecule has 2 aliphatic rings. The molecule has 0 saturated carbocycles. The van der Waals surface area contributed by atoms with Crippen LogP contribution < -0.4 is 5.32 Å². The maximum atomic E-state index is 5.99. The monoisotopic (exact) mass is 341 g/mol. The first kappa shape index (κ1) is 16.7. The van der Waals surface area contributed by atoms with Gasteiger partial charge in [0.25, 0.3) is 0 Å². The van der Waals surface area contributed by atoms with Crippen LogP contribution in [0.1, 0.15) is 36.8 Å². The smallest absolute Gasteiger partial charge is 0.114 e. The Bertz CT molecular complexity index is 665. The Labute approximate surface area is 149 Å². The number of aryl methyl sites for hydroxylation is 1. The molecule has 2 aliphatic heterocycles. The van der Waals surface area contributed by atoms with Gasteiger partial charge in [-0.3, -0.25) is 14.6 Å². The van der Waals surface area contributed by atoms with Crippen molar-refractivity contribution in [2.45, 2.75) is 44.0 Å². The predicted molar refractivity (Wildman–Crippen MR) is 96.0 cm³/mol. The van der Waals surface area contributed by atoms with Gasteiger partial charge in [-0.05, 0) is 37.5 Å². The number of hydrogen-bond acceptors (Lipinski definition) is 5. The Hall–Kier alpha value is -1.76. The van der Waals surface area contributed by atoms with E-state index in [9.17, 15) is 0 Å². The lowest BCUT2D eigenvalue weighted by atomic mass is 10.0. The van der Waals surface area contributed by atoms with Crippen molar-refractivity contribution in [3.63, 3.8) is 0 Å². The molecule has 0 aromatic carbocycles. The average molecular weight is 341 g/mol. The lowest BCUT2D eigenvalue weighted by molar-refractivity contribution is 0.0856. The van der Waals surface area contributed by atoms with Gasteiger partial charge >= 0.3 is 0 Å². The summed E-state index contributed by atoms with van der Waals surface area (Å²) in [5, 5.41) is 8.15. The van der Waals surface area contributed by atoms with Gasteiger partial charge in [-0.1, -0.05) is 6.07 Å². The fourth-order valence-corrected chi connectivity index (χ4v) is 4.00. The number of ether oxygens (including phenoxy) is 1. The van der Waals surface area contributed by atoms with Crippen LogP contribution in [0.5, 0.6) is 0 Å². The highest BCUT2D eigenvalue weighted by molar-refractivity contribution is 5.10. The van der Waals surface area contributed by atoms with E-state index in [1.54, 1.807) is 0 Å². The van der Waals surface area contributed by atoms with E-state index in [1.807, 2.05) is 30.2 Å². The van der Waals surface area contributed by atoms with Gasteiger partial charge in [-0.15, -0.1) is 0 Å². The molecule has 25 heavy (non-hydrogen) atoms. The van der Waals surface area contributed by atoms with Gasteiger partial charge < -0.3 is 10.1 Å². The molecular weight excluding hydrogens is 314 g/mol. The van der Waals surface area contributed by atoms with E-state index >= 15 is 0 Å². The van der Waals surface area contributed by atoms with Crippen molar-refractivity contribution in [1.29, 1.82) is 0 Å². The first-order chi connectivity index (χ1) is 12.3. The second-order valence-corrected chi connectivity index (χ2v) is 7.10. The normalized spacial score (nSPS) is 25.5. The fraction of sp³-hybridized carbons (Fsp3) is 0.579. The highest BCUT2D eigenvalue weighted by Crippen LogP contribution is 2.29. The van der Waals surface area contributed by atoms with Gasteiger partial charge in [0.15, 0.2) is 0 Å².